The summed E-state index contributed by atoms with van der Waals surface area (Å²) in [4.78, 5) is 0. The SMILES string of the molecule is C[N+]1(C)CCc2cc(OS(C)(=O)=O)ccc21. The number of likely N-dealkylation sites (N-methyl/N-ethyl adjacent to an activating group) is 1. The molecule has 0 N–H and O–H groups in total. The Hall–Kier alpha value is -1.07. The Bertz CT molecular complexity index is 520. The molecule has 1 aromatic rings. The minimum Gasteiger partial charge on any atom is -0.383 e. The van der Waals surface area contributed by atoms with Gasteiger partial charge in [0.1, 0.15) is 11.4 Å². The zero-order valence-electron chi connectivity index (χ0n) is 9.73. The third-order valence-electron chi connectivity index (χ3n) is 2.89. The van der Waals surface area contributed by atoms with E-state index in [-0.39, 0.29) is 0 Å². The first kappa shape index (κ1) is 11.4. The van der Waals surface area contributed by atoms with Crippen molar-refractivity contribution in [2.24, 2.45) is 0 Å². The Morgan fingerprint density at radius 1 is 1.31 bits per heavy atom. The van der Waals surface area contributed by atoms with E-state index in [2.05, 4.69) is 14.1 Å². The Kier molecular flexibility index (Phi) is 2.47. The summed E-state index contributed by atoms with van der Waals surface area (Å²) >= 11 is 0. The summed E-state index contributed by atoms with van der Waals surface area (Å²) in [5.74, 6) is 0.406. The molecule has 1 heterocycles. The fraction of sp³-hybridized carbons (Fsp3) is 0.455. The van der Waals surface area contributed by atoms with E-state index in [1.165, 1.54) is 11.3 Å². The number of benzene rings is 1. The standard InChI is InChI=1S/C11H16NO3S/c1-12(2)7-6-9-8-10(4-5-11(9)12)15-16(3,13)14/h4-5,8H,6-7H2,1-3H3/q+1. The predicted octanol–water partition coefficient (Wildman–Crippen LogP) is 1.15. The van der Waals surface area contributed by atoms with E-state index in [4.69, 9.17) is 4.18 Å². The molecule has 2 rings (SSSR count). The van der Waals surface area contributed by atoms with Crippen LogP contribution in [-0.4, -0.2) is 35.3 Å². The van der Waals surface area contributed by atoms with Crippen LogP contribution in [-0.2, 0) is 16.5 Å². The minimum atomic E-state index is -3.43. The highest BCUT2D eigenvalue weighted by Crippen LogP contribution is 2.34. The average molecular weight is 242 g/mol. The summed E-state index contributed by atoms with van der Waals surface area (Å²) in [5.41, 5.74) is 2.41. The van der Waals surface area contributed by atoms with Gasteiger partial charge in [0, 0.05) is 18.1 Å². The van der Waals surface area contributed by atoms with Crippen LogP contribution >= 0.6 is 0 Å². The minimum absolute atomic E-state index is 0.406. The molecule has 0 aromatic heterocycles. The van der Waals surface area contributed by atoms with Crippen molar-refractivity contribution >= 4 is 15.8 Å². The molecule has 0 aliphatic carbocycles. The van der Waals surface area contributed by atoms with Gasteiger partial charge in [-0.15, -0.1) is 0 Å². The van der Waals surface area contributed by atoms with Crippen molar-refractivity contribution in [3.63, 3.8) is 0 Å². The molecule has 5 heteroatoms. The largest absolute Gasteiger partial charge is 0.383 e. The molecule has 1 aromatic carbocycles. The van der Waals surface area contributed by atoms with Gasteiger partial charge in [0.15, 0.2) is 0 Å². The zero-order chi connectivity index (χ0) is 12.0. The molecular formula is C11H16NO3S+. The van der Waals surface area contributed by atoms with Crippen LogP contribution in [0.3, 0.4) is 0 Å². The maximum absolute atomic E-state index is 11.0. The van der Waals surface area contributed by atoms with Crippen LogP contribution in [0.2, 0.25) is 0 Å². The highest BCUT2D eigenvalue weighted by atomic mass is 32.2. The fourth-order valence-corrected chi connectivity index (χ4v) is 2.55. The van der Waals surface area contributed by atoms with Crippen LogP contribution in [0, 0.1) is 0 Å². The van der Waals surface area contributed by atoms with E-state index >= 15 is 0 Å². The van der Waals surface area contributed by atoms with Gasteiger partial charge in [0.05, 0.1) is 26.9 Å². The lowest BCUT2D eigenvalue weighted by Gasteiger charge is -2.23. The quantitative estimate of drug-likeness (QED) is 0.577. The molecule has 4 nitrogen and oxygen atoms in total. The Balaban J connectivity index is 2.36. The van der Waals surface area contributed by atoms with Crippen molar-refractivity contribution < 1.29 is 12.6 Å². The summed E-state index contributed by atoms with van der Waals surface area (Å²) in [6, 6.07) is 5.48. The number of fused-ring (bicyclic) bond motifs is 1. The van der Waals surface area contributed by atoms with E-state index in [1.807, 2.05) is 12.1 Å². The maximum Gasteiger partial charge on any atom is 0.306 e. The van der Waals surface area contributed by atoms with Gasteiger partial charge in [-0.25, -0.2) is 0 Å². The summed E-state index contributed by atoms with van der Waals surface area (Å²) in [7, 11) is 0.855. The molecule has 0 saturated carbocycles. The lowest BCUT2D eigenvalue weighted by Crippen LogP contribution is -2.37. The number of nitrogens with zero attached hydrogens (tertiary/aromatic N) is 1. The molecule has 0 saturated heterocycles. The van der Waals surface area contributed by atoms with Crippen molar-refractivity contribution in [3.05, 3.63) is 23.8 Å². The van der Waals surface area contributed by atoms with Crippen molar-refractivity contribution in [2.45, 2.75) is 6.42 Å². The lowest BCUT2D eigenvalue weighted by atomic mass is 10.1. The van der Waals surface area contributed by atoms with Gasteiger partial charge in [-0.3, -0.25) is 4.48 Å². The number of hydrogen-bond acceptors (Lipinski definition) is 3. The van der Waals surface area contributed by atoms with Gasteiger partial charge >= 0.3 is 10.1 Å². The van der Waals surface area contributed by atoms with Crippen LogP contribution in [0.5, 0.6) is 5.75 Å². The molecule has 0 atom stereocenters. The van der Waals surface area contributed by atoms with Gasteiger partial charge in [0.2, 0.25) is 0 Å². The fourth-order valence-electron chi connectivity index (χ4n) is 2.10. The normalized spacial score (nSPS) is 18.2. The monoisotopic (exact) mass is 242 g/mol. The van der Waals surface area contributed by atoms with Crippen LogP contribution in [0.25, 0.3) is 0 Å². The Morgan fingerprint density at radius 3 is 2.62 bits per heavy atom. The Labute approximate surface area is 96.2 Å². The molecule has 88 valence electrons. The van der Waals surface area contributed by atoms with Gasteiger partial charge in [-0.05, 0) is 12.1 Å². The van der Waals surface area contributed by atoms with Crippen molar-refractivity contribution in [3.8, 4) is 5.75 Å². The first-order chi connectivity index (χ1) is 7.28. The molecule has 0 bridgehead atoms. The molecule has 0 fully saturated rings. The van der Waals surface area contributed by atoms with Gasteiger partial charge < -0.3 is 4.18 Å². The van der Waals surface area contributed by atoms with E-state index < -0.39 is 10.1 Å². The van der Waals surface area contributed by atoms with Crippen molar-refractivity contribution in [1.82, 2.24) is 4.48 Å². The van der Waals surface area contributed by atoms with E-state index in [0.29, 0.717) is 5.75 Å². The molecular weight excluding hydrogens is 226 g/mol. The first-order valence-electron chi connectivity index (χ1n) is 5.14. The number of quaternary nitrogens is 1. The number of rotatable bonds is 2. The molecule has 16 heavy (non-hydrogen) atoms. The molecule has 0 unspecified atom stereocenters. The van der Waals surface area contributed by atoms with Gasteiger partial charge in [-0.1, -0.05) is 0 Å². The van der Waals surface area contributed by atoms with Gasteiger partial charge in [0.25, 0.3) is 0 Å². The third kappa shape index (κ3) is 2.20. The molecule has 1 aliphatic rings. The number of hydrogen-bond donors (Lipinski definition) is 0. The Morgan fingerprint density at radius 2 is 2.00 bits per heavy atom. The highest BCUT2D eigenvalue weighted by Gasteiger charge is 2.30. The molecule has 0 radical (unpaired) electrons. The van der Waals surface area contributed by atoms with Gasteiger partial charge in [-0.2, -0.15) is 8.42 Å². The summed E-state index contributed by atoms with van der Waals surface area (Å²) in [5, 5.41) is 0. The molecule has 0 amide bonds. The molecule has 0 spiro atoms. The zero-order valence-corrected chi connectivity index (χ0v) is 10.5. The van der Waals surface area contributed by atoms with E-state index in [9.17, 15) is 8.42 Å². The third-order valence-corrected chi connectivity index (χ3v) is 3.39. The lowest BCUT2D eigenvalue weighted by molar-refractivity contribution is 0.433. The second-order valence-corrected chi connectivity index (χ2v) is 6.31. The second-order valence-electron chi connectivity index (χ2n) is 4.74. The summed E-state index contributed by atoms with van der Waals surface area (Å²) < 4.78 is 27.7. The average Bonchev–Trinajstić information content (AvgIpc) is 2.39. The molecule has 1 aliphatic heterocycles. The van der Waals surface area contributed by atoms with E-state index in [1.54, 1.807) is 6.07 Å². The van der Waals surface area contributed by atoms with Crippen molar-refractivity contribution in [2.75, 3.05) is 26.9 Å². The predicted molar refractivity (Wildman–Crippen MR) is 64.1 cm³/mol. The van der Waals surface area contributed by atoms with Crippen LogP contribution in [0.1, 0.15) is 5.56 Å². The summed E-state index contributed by atoms with van der Waals surface area (Å²) in [6.45, 7) is 1.04. The first-order valence-corrected chi connectivity index (χ1v) is 6.95. The smallest absolute Gasteiger partial charge is 0.306 e. The maximum atomic E-state index is 11.0. The topological polar surface area (TPSA) is 43.4 Å². The summed E-state index contributed by atoms with van der Waals surface area (Å²) in [6.07, 6.45) is 2.02. The highest BCUT2D eigenvalue weighted by molar-refractivity contribution is 7.86. The van der Waals surface area contributed by atoms with E-state index in [0.717, 1.165) is 23.7 Å². The van der Waals surface area contributed by atoms with Crippen molar-refractivity contribution in [1.29, 1.82) is 0 Å². The van der Waals surface area contributed by atoms with Crippen LogP contribution < -0.4 is 8.67 Å². The second kappa shape index (κ2) is 3.46. The van der Waals surface area contributed by atoms with Crippen LogP contribution in [0.4, 0.5) is 5.69 Å². The van der Waals surface area contributed by atoms with Crippen LogP contribution in [0.15, 0.2) is 18.2 Å².